The molecule has 0 radical (unpaired) electrons. The Labute approximate surface area is 83.7 Å². The zero-order valence-corrected chi connectivity index (χ0v) is 8.67. The molecule has 0 rings (SSSR count). The zero-order valence-electron chi connectivity index (χ0n) is 8.67. The molecular formula is C9H18N2O3. The fraction of sp³-hybridized carbons (Fsp3) is 0.778. The molecule has 1 amide bonds. The van der Waals surface area contributed by atoms with E-state index in [2.05, 4.69) is 5.32 Å². The van der Waals surface area contributed by atoms with Gasteiger partial charge in [-0.05, 0) is 32.7 Å². The van der Waals surface area contributed by atoms with E-state index in [1.807, 2.05) is 0 Å². The van der Waals surface area contributed by atoms with Crippen LogP contribution < -0.4 is 11.1 Å². The first-order chi connectivity index (χ1) is 6.42. The molecule has 0 aliphatic rings. The van der Waals surface area contributed by atoms with Crippen LogP contribution in [0.4, 0.5) is 0 Å². The molecule has 0 saturated carbocycles. The minimum atomic E-state index is -1.17. The summed E-state index contributed by atoms with van der Waals surface area (Å²) in [5.74, 6) is -1.34. The maximum atomic E-state index is 10.9. The smallest absolute Gasteiger partial charge is 0.329 e. The Morgan fingerprint density at radius 3 is 2.36 bits per heavy atom. The molecule has 5 nitrogen and oxygen atoms in total. The molecule has 5 heteroatoms. The fourth-order valence-electron chi connectivity index (χ4n) is 1.23. The SMILES string of the molecule is CC(=O)N[C@@](C)(CCCCN)C(=O)O. The van der Waals surface area contributed by atoms with Crippen molar-refractivity contribution >= 4 is 11.9 Å². The molecule has 0 aromatic heterocycles. The maximum absolute atomic E-state index is 10.9. The second-order valence-corrected chi connectivity index (χ2v) is 3.56. The number of carboxylic acid groups (broad SMARTS) is 1. The van der Waals surface area contributed by atoms with Crippen LogP contribution in [0.15, 0.2) is 0 Å². The van der Waals surface area contributed by atoms with Gasteiger partial charge in [-0.15, -0.1) is 0 Å². The van der Waals surface area contributed by atoms with E-state index < -0.39 is 11.5 Å². The molecule has 14 heavy (non-hydrogen) atoms. The van der Waals surface area contributed by atoms with Crippen molar-refractivity contribution in [1.82, 2.24) is 5.32 Å². The summed E-state index contributed by atoms with van der Waals surface area (Å²) in [4.78, 5) is 21.7. The lowest BCUT2D eigenvalue weighted by atomic mass is 9.95. The second kappa shape index (κ2) is 5.59. The van der Waals surface area contributed by atoms with E-state index in [0.717, 1.165) is 6.42 Å². The summed E-state index contributed by atoms with van der Waals surface area (Å²) in [6, 6.07) is 0. The summed E-state index contributed by atoms with van der Waals surface area (Å²) in [6.45, 7) is 3.35. The van der Waals surface area contributed by atoms with E-state index in [9.17, 15) is 9.59 Å². The molecule has 0 aliphatic heterocycles. The number of carbonyl (C=O) groups excluding carboxylic acids is 1. The molecule has 4 N–H and O–H groups in total. The van der Waals surface area contributed by atoms with Gasteiger partial charge in [0, 0.05) is 6.92 Å². The Balaban J connectivity index is 4.24. The average molecular weight is 202 g/mol. The van der Waals surface area contributed by atoms with Gasteiger partial charge >= 0.3 is 5.97 Å². The summed E-state index contributed by atoms with van der Waals surface area (Å²) < 4.78 is 0. The lowest BCUT2D eigenvalue weighted by molar-refractivity contribution is -0.147. The number of aliphatic carboxylic acids is 1. The van der Waals surface area contributed by atoms with Crippen molar-refractivity contribution in [2.24, 2.45) is 5.73 Å². The number of nitrogens with two attached hydrogens (primary N) is 1. The summed E-state index contributed by atoms with van der Waals surface area (Å²) in [5.41, 5.74) is 4.13. The number of nitrogens with one attached hydrogen (secondary N) is 1. The highest BCUT2D eigenvalue weighted by Crippen LogP contribution is 2.13. The van der Waals surface area contributed by atoms with E-state index in [4.69, 9.17) is 10.8 Å². The van der Waals surface area contributed by atoms with Gasteiger partial charge in [0.15, 0.2) is 0 Å². The Morgan fingerprint density at radius 1 is 1.43 bits per heavy atom. The van der Waals surface area contributed by atoms with Gasteiger partial charge in [-0.2, -0.15) is 0 Å². The van der Waals surface area contributed by atoms with Crippen LogP contribution in [0.1, 0.15) is 33.1 Å². The Kier molecular flexibility index (Phi) is 5.15. The number of amides is 1. The van der Waals surface area contributed by atoms with Gasteiger partial charge < -0.3 is 16.2 Å². The molecule has 0 fully saturated rings. The Morgan fingerprint density at radius 2 is 2.00 bits per heavy atom. The Bertz CT molecular complexity index is 218. The summed E-state index contributed by atoms with van der Waals surface area (Å²) >= 11 is 0. The zero-order chi connectivity index (χ0) is 11.2. The lowest BCUT2D eigenvalue weighted by Gasteiger charge is -2.25. The normalized spacial score (nSPS) is 14.5. The van der Waals surface area contributed by atoms with Crippen molar-refractivity contribution in [2.75, 3.05) is 6.54 Å². The highest BCUT2D eigenvalue weighted by Gasteiger charge is 2.32. The van der Waals surface area contributed by atoms with Crippen LogP contribution in [0.3, 0.4) is 0 Å². The first-order valence-electron chi connectivity index (χ1n) is 4.64. The molecule has 1 atom stereocenters. The number of carboxylic acids is 1. The van der Waals surface area contributed by atoms with E-state index in [1.165, 1.54) is 13.8 Å². The maximum Gasteiger partial charge on any atom is 0.329 e. The lowest BCUT2D eigenvalue weighted by Crippen LogP contribution is -2.51. The molecule has 0 heterocycles. The first kappa shape index (κ1) is 12.9. The van der Waals surface area contributed by atoms with E-state index in [0.29, 0.717) is 19.4 Å². The third-order valence-corrected chi connectivity index (χ3v) is 2.05. The van der Waals surface area contributed by atoms with E-state index in [1.54, 1.807) is 0 Å². The molecule has 0 aromatic rings. The van der Waals surface area contributed by atoms with Crippen molar-refractivity contribution in [1.29, 1.82) is 0 Å². The standard InChI is InChI=1S/C9H18N2O3/c1-7(12)11-9(2,8(13)14)5-3-4-6-10/h3-6,10H2,1-2H3,(H,11,12)(H,13,14)/t9-/m0/s1. The minimum absolute atomic E-state index is 0.331. The van der Waals surface area contributed by atoms with Gasteiger partial charge in [0.1, 0.15) is 5.54 Å². The highest BCUT2D eigenvalue weighted by atomic mass is 16.4. The van der Waals surface area contributed by atoms with Gasteiger partial charge in [-0.25, -0.2) is 4.79 Å². The van der Waals surface area contributed by atoms with Crippen LogP contribution >= 0.6 is 0 Å². The predicted molar refractivity (Wildman–Crippen MR) is 52.8 cm³/mol. The van der Waals surface area contributed by atoms with Crippen molar-refractivity contribution < 1.29 is 14.7 Å². The molecule has 0 bridgehead atoms. The van der Waals surface area contributed by atoms with Crippen molar-refractivity contribution in [3.05, 3.63) is 0 Å². The van der Waals surface area contributed by atoms with Gasteiger partial charge in [-0.3, -0.25) is 4.79 Å². The number of unbranched alkanes of at least 4 members (excludes halogenated alkanes) is 1. The van der Waals surface area contributed by atoms with Crippen LogP contribution in [0.25, 0.3) is 0 Å². The van der Waals surface area contributed by atoms with Gasteiger partial charge in [0.2, 0.25) is 5.91 Å². The molecule has 0 aliphatic carbocycles. The van der Waals surface area contributed by atoms with Crippen LogP contribution in [0, 0.1) is 0 Å². The molecule has 0 spiro atoms. The number of hydrogen-bond acceptors (Lipinski definition) is 3. The third kappa shape index (κ3) is 4.23. The molecular weight excluding hydrogens is 184 g/mol. The quantitative estimate of drug-likeness (QED) is 0.532. The highest BCUT2D eigenvalue weighted by molar-refractivity contribution is 5.85. The van der Waals surface area contributed by atoms with Gasteiger partial charge in [0.25, 0.3) is 0 Å². The largest absolute Gasteiger partial charge is 0.480 e. The van der Waals surface area contributed by atoms with Crippen molar-refractivity contribution in [3.8, 4) is 0 Å². The molecule has 0 saturated heterocycles. The predicted octanol–water partition coefficient (Wildman–Crippen LogP) is 0.0948. The first-order valence-corrected chi connectivity index (χ1v) is 4.64. The summed E-state index contributed by atoms with van der Waals surface area (Å²) in [6.07, 6.45) is 1.86. The van der Waals surface area contributed by atoms with Crippen LogP contribution in [-0.2, 0) is 9.59 Å². The van der Waals surface area contributed by atoms with Gasteiger partial charge in [0.05, 0.1) is 0 Å². The Hall–Kier alpha value is -1.10. The summed E-state index contributed by atoms with van der Waals surface area (Å²) in [5, 5.41) is 11.4. The molecule has 0 unspecified atom stereocenters. The number of carbonyl (C=O) groups is 2. The molecule has 0 aromatic carbocycles. The minimum Gasteiger partial charge on any atom is -0.480 e. The van der Waals surface area contributed by atoms with Crippen molar-refractivity contribution in [3.63, 3.8) is 0 Å². The number of hydrogen-bond donors (Lipinski definition) is 3. The molecule has 82 valence electrons. The van der Waals surface area contributed by atoms with E-state index >= 15 is 0 Å². The topological polar surface area (TPSA) is 92.4 Å². The van der Waals surface area contributed by atoms with Gasteiger partial charge in [-0.1, -0.05) is 0 Å². The van der Waals surface area contributed by atoms with E-state index in [-0.39, 0.29) is 5.91 Å². The van der Waals surface area contributed by atoms with Crippen molar-refractivity contribution in [2.45, 2.75) is 38.6 Å². The number of rotatable bonds is 6. The van der Waals surface area contributed by atoms with Crippen LogP contribution in [0.5, 0.6) is 0 Å². The fourth-order valence-corrected chi connectivity index (χ4v) is 1.23. The van der Waals surface area contributed by atoms with Crippen LogP contribution in [0.2, 0.25) is 0 Å². The monoisotopic (exact) mass is 202 g/mol. The second-order valence-electron chi connectivity index (χ2n) is 3.56. The van der Waals surface area contributed by atoms with Crippen LogP contribution in [-0.4, -0.2) is 29.1 Å². The average Bonchev–Trinajstić information content (AvgIpc) is 2.03. The summed E-state index contributed by atoms with van der Waals surface area (Å²) in [7, 11) is 0. The third-order valence-electron chi connectivity index (χ3n) is 2.05.